The first-order chi connectivity index (χ1) is 10.9. The number of piperazine rings is 1. The highest BCUT2D eigenvalue weighted by atomic mass is 16.2. The summed E-state index contributed by atoms with van der Waals surface area (Å²) in [5, 5.41) is 0. The Morgan fingerprint density at radius 2 is 1.61 bits per heavy atom. The van der Waals surface area contributed by atoms with Crippen LogP contribution in [0, 0.1) is 13.8 Å². The van der Waals surface area contributed by atoms with Crippen molar-refractivity contribution < 1.29 is 9.59 Å². The molecule has 1 aliphatic heterocycles. The predicted octanol–water partition coefficient (Wildman–Crippen LogP) is 1.82. The predicted molar refractivity (Wildman–Crippen MR) is 92.6 cm³/mol. The zero-order valence-corrected chi connectivity index (χ0v) is 14.6. The van der Waals surface area contributed by atoms with Gasteiger partial charge in [-0.1, -0.05) is 13.0 Å². The van der Waals surface area contributed by atoms with Crippen molar-refractivity contribution in [2.75, 3.05) is 44.2 Å². The van der Waals surface area contributed by atoms with Crippen molar-refractivity contribution in [3.63, 3.8) is 0 Å². The average molecular weight is 317 g/mol. The Bertz CT molecular complexity index is 557. The number of rotatable bonds is 4. The normalized spacial score (nSPS) is 15.6. The summed E-state index contributed by atoms with van der Waals surface area (Å²) in [6.45, 7) is 12.1. The van der Waals surface area contributed by atoms with Crippen molar-refractivity contribution in [1.82, 2.24) is 9.80 Å². The minimum absolute atomic E-state index is 0.0233. The molecule has 0 N–H and O–H groups in total. The zero-order chi connectivity index (χ0) is 17.0. The molecule has 1 fully saturated rings. The SMILES string of the molecule is CCN1CCN(C(=O)CN(C(C)=O)c2cc(C)cc(C)c2)CC1. The van der Waals surface area contributed by atoms with Crippen LogP contribution in [0.25, 0.3) is 0 Å². The first kappa shape index (κ1) is 17.5. The number of anilines is 1. The minimum Gasteiger partial charge on any atom is -0.339 e. The Kier molecular flexibility index (Phi) is 5.77. The van der Waals surface area contributed by atoms with Crippen molar-refractivity contribution in [2.45, 2.75) is 27.7 Å². The number of amides is 2. The van der Waals surface area contributed by atoms with E-state index in [4.69, 9.17) is 0 Å². The van der Waals surface area contributed by atoms with E-state index in [0.717, 1.165) is 49.5 Å². The molecule has 0 unspecified atom stereocenters. The molecule has 1 saturated heterocycles. The van der Waals surface area contributed by atoms with Crippen LogP contribution in [0.1, 0.15) is 25.0 Å². The molecular weight excluding hydrogens is 290 g/mol. The van der Waals surface area contributed by atoms with Crippen LogP contribution in [0.3, 0.4) is 0 Å². The van der Waals surface area contributed by atoms with E-state index in [0.29, 0.717) is 0 Å². The van der Waals surface area contributed by atoms with E-state index in [9.17, 15) is 9.59 Å². The maximum absolute atomic E-state index is 12.6. The molecule has 23 heavy (non-hydrogen) atoms. The number of hydrogen-bond acceptors (Lipinski definition) is 3. The standard InChI is InChI=1S/C18H27N3O2/c1-5-19-6-8-20(9-7-19)18(23)13-21(16(4)22)17-11-14(2)10-15(3)12-17/h10-12H,5-9,13H2,1-4H3. The van der Waals surface area contributed by atoms with E-state index in [1.165, 1.54) is 6.92 Å². The third-order valence-corrected chi connectivity index (χ3v) is 4.36. The van der Waals surface area contributed by atoms with Crippen molar-refractivity contribution in [2.24, 2.45) is 0 Å². The molecule has 1 aromatic rings. The zero-order valence-electron chi connectivity index (χ0n) is 14.6. The summed E-state index contributed by atoms with van der Waals surface area (Å²) in [4.78, 5) is 30.4. The van der Waals surface area contributed by atoms with Gasteiger partial charge >= 0.3 is 0 Å². The molecule has 1 aliphatic rings. The number of nitrogens with zero attached hydrogens (tertiary/aromatic N) is 3. The molecule has 2 amide bonds. The summed E-state index contributed by atoms with van der Waals surface area (Å²) in [5.41, 5.74) is 2.99. The van der Waals surface area contributed by atoms with Gasteiger partial charge in [-0.15, -0.1) is 0 Å². The highest BCUT2D eigenvalue weighted by Gasteiger charge is 2.23. The lowest BCUT2D eigenvalue weighted by atomic mass is 10.1. The van der Waals surface area contributed by atoms with Crippen LogP contribution in [-0.2, 0) is 9.59 Å². The van der Waals surface area contributed by atoms with E-state index >= 15 is 0 Å². The molecule has 0 bridgehead atoms. The number of likely N-dealkylation sites (N-methyl/N-ethyl adjacent to an activating group) is 1. The average Bonchev–Trinajstić information content (AvgIpc) is 2.51. The summed E-state index contributed by atoms with van der Waals surface area (Å²) < 4.78 is 0. The van der Waals surface area contributed by atoms with Crippen LogP contribution in [0.15, 0.2) is 18.2 Å². The fraction of sp³-hybridized carbons (Fsp3) is 0.556. The highest BCUT2D eigenvalue weighted by Crippen LogP contribution is 2.19. The largest absolute Gasteiger partial charge is 0.339 e. The molecule has 0 atom stereocenters. The Morgan fingerprint density at radius 1 is 1.04 bits per heavy atom. The Labute approximate surface area is 138 Å². The molecule has 0 saturated carbocycles. The van der Waals surface area contributed by atoms with Gasteiger partial charge in [0.15, 0.2) is 0 Å². The van der Waals surface area contributed by atoms with Gasteiger partial charge in [-0.25, -0.2) is 0 Å². The smallest absolute Gasteiger partial charge is 0.242 e. The molecule has 2 rings (SSSR count). The lowest BCUT2D eigenvalue weighted by Gasteiger charge is -2.35. The minimum atomic E-state index is -0.101. The molecule has 0 radical (unpaired) electrons. The number of carbonyl (C=O) groups excluding carboxylic acids is 2. The van der Waals surface area contributed by atoms with E-state index in [1.54, 1.807) is 4.90 Å². The summed E-state index contributed by atoms with van der Waals surface area (Å²) in [5.74, 6) is -0.0781. The van der Waals surface area contributed by atoms with Crippen molar-refractivity contribution in [1.29, 1.82) is 0 Å². The summed E-state index contributed by atoms with van der Waals surface area (Å²) >= 11 is 0. The number of hydrogen-bond donors (Lipinski definition) is 0. The Hall–Kier alpha value is -1.88. The van der Waals surface area contributed by atoms with E-state index in [-0.39, 0.29) is 18.4 Å². The molecule has 126 valence electrons. The molecule has 1 heterocycles. The third kappa shape index (κ3) is 4.55. The van der Waals surface area contributed by atoms with Gasteiger partial charge in [0, 0.05) is 38.8 Å². The van der Waals surface area contributed by atoms with Gasteiger partial charge in [-0.2, -0.15) is 0 Å². The van der Waals surface area contributed by atoms with Gasteiger partial charge in [0.25, 0.3) is 0 Å². The third-order valence-electron chi connectivity index (χ3n) is 4.36. The van der Waals surface area contributed by atoms with Crippen LogP contribution < -0.4 is 4.90 Å². The highest BCUT2D eigenvalue weighted by molar-refractivity contribution is 5.97. The Morgan fingerprint density at radius 3 is 2.09 bits per heavy atom. The second kappa shape index (κ2) is 7.59. The maximum Gasteiger partial charge on any atom is 0.242 e. The van der Waals surface area contributed by atoms with Crippen molar-refractivity contribution in [3.8, 4) is 0 Å². The fourth-order valence-corrected chi connectivity index (χ4v) is 3.04. The van der Waals surface area contributed by atoms with Crippen LogP contribution in [0.4, 0.5) is 5.69 Å². The first-order valence-electron chi connectivity index (χ1n) is 8.27. The van der Waals surface area contributed by atoms with Gasteiger partial charge in [-0.3, -0.25) is 9.59 Å². The number of benzene rings is 1. The van der Waals surface area contributed by atoms with E-state index in [2.05, 4.69) is 17.9 Å². The lowest BCUT2D eigenvalue weighted by molar-refractivity contribution is -0.132. The van der Waals surface area contributed by atoms with Crippen molar-refractivity contribution in [3.05, 3.63) is 29.3 Å². The fourth-order valence-electron chi connectivity index (χ4n) is 3.04. The number of carbonyl (C=O) groups is 2. The summed E-state index contributed by atoms with van der Waals surface area (Å²) in [7, 11) is 0. The van der Waals surface area contributed by atoms with Crippen LogP contribution in [-0.4, -0.2) is 60.9 Å². The first-order valence-corrected chi connectivity index (χ1v) is 8.27. The number of aryl methyl sites for hydroxylation is 2. The molecule has 0 aromatic heterocycles. The monoisotopic (exact) mass is 317 g/mol. The van der Waals surface area contributed by atoms with Gasteiger partial charge in [0.2, 0.25) is 11.8 Å². The van der Waals surface area contributed by atoms with Crippen LogP contribution in [0.2, 0.25) is 0 Å². The van der Waals surface area contributed by atoms with Crippen LogP contribution in [0.5, 0.6) is 0 Å². The quantitative estimate of drug-likeness (QED) is 0.851. The second-order valence-electron chi connectivity index (χ2n) is 6.27. The maximum atomic E-state index is 12.6. The molecular formula is C18H27N3O2. The second-order valence-corrected chi connectivity index (χ2v) is 6.27. The van der Waals surface area contributed by atoms with Gasteiger partial charge in [0.1, 0.15) is 6.54 Å². The van der Waals surface area contributed by atoms with Gasteiger partial charge < -0.3 is 14.7 Å². The lowest BCUT2D eigenvalue weighted by Crippen LogP contribution is -2.51. The van der Waals surface area contributed by atoms with Gasteiger partial charge in [0.05, 0.1) is 0 Å². The molecule has 0 aliphatic carbocycles. The molecule has 1 aromatic carbocycles. The molecule has 0 spiro atoms. The molecule has 5 heteroatoms. The summed E-state index contributed by atoms with van der Waals surface area (Å²) in [6, 6.07) is 5.97. The van der Waals surface area contributed by atoms with Crippen LogP contribution >= 0.6 is 0 Å². The van der Waals surface area contributed by atoms with E-state index in [1.807, 2.05) is 30.9 Å². The summed E-state index contributed by atoms with van der Waals surface area (Å²) in [6.07, 6.45) is 0. The van der Waals surface area contributed by atoms with E-state index < -0.39 is 0 Å². The van der Waals surface area contributed by atoms with Gasteiger partial charge in [-0.05, 0) is 43.7 Å². The Balaban J connectivity index is 2.07. The molecule has 5 nitrogen and oxygen atoms in total. The van der Waals surface area contributed by atoms with Crippen molar-refractivity contribution >= 4 is 17.5 Å². The topological polar surface area (TPSA) is 43.9 Å².